The van der Waals surface area contributed by atoms with Gasteiger partial charge in [-0.25, -0.2) is 4.52 Å². The molecule has 3 N–H and O–H groups in total. The van der Waals surface area contributed by atoms with Crippen molar-refractivity contribution in [1.29, 1.82) is 0 Å². The quantitative estimate of drug-likeness (QED) is 0.499. The molecule has 32 heavy (non-hydrogen) atoms. The predicted molar refractivity (Wildman–Crippen MR) is 124 cm³/mol. The van der Waals surface area contributed by atoms with Gasteiger partial charge in [-0.2, -0.15) is 10.1 Å². The van der Waals surface area contributed by atoms with Gasteiger partial charge < -0.3 is 15.5 Å². The molecule has 3 aromatic rings. The highest BCUT2D eigenvalue weighted by atomic mass is 16.1. The SMILES string of the molecule is CC(C)CCC(=O)NC1CCN(c2nc(Nc3cc(C4CC4)[nH]n3)c3cccn3n2)CC1. The fourth-order valence-electron chi connectivity index (χ4n) is 4.22. The lowest BCUT2D eigenvalue weighted by Crippen LogP contribution is -2.45. The number of carbonyl (C=O) groups excluding carboxylic acids is 1. The van der Waals surface area contributed by atoms with Crippen LogP contribution >= 0.6 is 0 Å². The number of H-pyrrole nitrogens is 1. The first-order valence-corrected chi connectivity index (χ1v) is 11.8. The molecule has 0 radical (unpaired) electrons. The number of fused-ring (bicyclic) bond motifs is 1. The minimum Gasteiger partial charge on any atom is -0.353 e. The van der Waals surface area contributed by atoms with E-state index in [1.54, 1.807) is 0 Å². The second-order valence-corrected chi connectivity index (χ2v) is 9.47. The number of amides is 1. The first-order chi connectivity index (χ1) is 15.5. The van der Waals surface area contributed by atoms with Gasteiger partial charge in [0.15, 0.2) is 11.6 Å². The number of piperidine rings is 1. The fourth-order valence-corrected chi connectivity index (χ4v) is 4.22. The van der Waals surface area contributed by atoms with Gasteiger partial charge in [-0.05, 0) is 50.2 Å². The molecule has 0 atom stereocenters. The van der Waals surface area contributed by atoms with Gasteiger partial charge in [0.1, 0.15) is 5.52 Å². The summed E-state index contributed by atoms with van der Waals surface area (Å²) in [5.74, 6) is 3.56. The van der Waals surface area contributed by atoms with E-state index in [9.17, 15) is 4.79 Å². The lowest BCUT2D eigenvalue weighted by Gasteiger charge is -2.32. The number of carbonyl (C=O) groups is 1. The van der Waals surface area contributed by atoms with Crippen molar-refractivity contribution in [2.45, 2.75) is 64.3 Å². The molecule has 1 aliphatic heterocycles. The molecule has 0 unspecified atom stereocenters. The molecule has 0 aromatic carbocycles. The van der Waals surface area contributed by atoms with Crippen molar-refractivity contribution in [3.8, 4) is 0 Å². The van der Waals surface area contributed by atoms with Gasteiger partial charge in [-0.15, -0.1) is 5.10 Å². The van der Waals surface area contributed by atoms with Gasteiger partial charge in [0.2, 0.25) is 11.9 Å². The smallest absolute Gasteiger partial charge is 0.245 e. The summed E-state index contributed by atoms with van der Waals surface area (Å²) in [6.45, 7) is 5.92. The van der Waals surface area contributed by atoms with Crippen molar-refractivity contribution < 1.29 is 4.79 Å². The van der Waals surface area contributed by atoms with Crippen LogP contribution in [0, 0.1) is 5.92 Å². The third kappa shape index (κ3) is 4.71. The van der Waals surface area contributed by atoms with Crippen molar-refractivity contribution in [3.63, 3.8) is 0 Å². The average Bonchev–Trinajstić information content (AvgIpc) is 3.33. The number of hydrogen-bond donors (Lipinski definition) is 3. The van der Waals surface area contributed by atoms with E-state index >= 15 is 0 Å². The summed E-state index contributed by atoms with van der Waals surface area (Å²) in [5.41, 5.74) is 2.10. The Bertz CT molecular complexity index is 1070. The van der Waals surface area contributed by atoms with Crippen LogP contribution in [-0.4, -0.2) is 49.8 Å². The lowest BCUT2D eigenvalue weighted by atomic mass is 10.0. The Kier molecular flexibility index (Phi) is 5.71. The van der Waals surface area contributed by atoms with E-state index in [1.807, 2.05) is 22.8 Å². The maximum atomic E-state index is 12.2. The lowest BCUT2D eigenvalue weighted by molar-refractivity contribution is -0.122. The fraction of sp³-hybridized carbons (Fsp3) is 0.565. The molecule has 0 spiro atoms. The molecular formula is C23H32N8O. The monoisotopic (exact) mass is 436 g/mol. The Morgan fingerprint density at radius 2 is 2.06 bits per heavy atom. The predicted octanol–water partition coefficient (Wildman–Crippen LogP) is 3.59. The van der Waals surface area contributed by atoms with Gasteiger partial charge in [0.05, 0.1) is 0 Å². The molecule has 4 heterocycles. The zero-order chi connectivity index (χ0) is 22.1. The largest absolute Gasteiger partial charge is 0.353 e. The zero-order valence-electron chi connectivity index (χ0n) is 18.8. The van der Waals surface area contributed by atoms with E-state index in [1.165, 1.54) is 18.5 Å². The number of aromatic amines is 1. The molecule has 9 nitrogen and oxygen atoms in total. The minimum atomic E-state index is 0.165. The van der Waals surface area contributed by atoms with Crippen LogP contribution in [0.5, 0.6) is 0 Å². The van der Waals surface area contributed by atoms with Crippen LogP contribution in [0.3, 0.4) is 0 Å². The van der Waals surface area contributed by atoms with Crippen molar-refractivity contribution in [3.05, 3.63) is 30.1 Å². The minimum absolute atomic E-state index is 0.165. The molecule has 1 amide bonds. The van der Waals surface area contributed by atoms with E-state index in [4.69, 9.17) is 10.1 Å². The second-order valence-electron chi connectivity index (χ2n) is 9.47. The summed E-state index contributed by atoms with van der Waals surface area (Å²) in [5, 5.41) is 18.8. The van der Waals surface area contributed by atoms with Crippen LogP contribution in [0.1, 0.15) is 64.0 Å². The highest BCUT2D eigenvalue weighted by Gasteiger charge is 2.26. The number of hydrogen-bond acceptors (Lipinski definition) is 6. The molecule has 2 aliphatic rings. The summed E-state index contributed by atoms with van der Waals surface area (Å²) in [6, 6.07) is 6.27. The van der Waals surface area contributed by atoms with E-state index in [-0.39, 0.29) is 11.9 Å². The molecule has 2 fully saturated rings. The van der Waals surface area contributed by atoms with E-state index in [0.29, 0.717) is 24.2 Å². The van der Waals surface area contributed by atoms with E-state index in [0.717, 1.165) is 49.5 Å². The molecule has 0 bridgehead atoms. The molecule has 1 saturated carbocycles. The van der Waals surface area contributed by atoms with Crippen LogP contribution in [0.4, 0.5) is 17.6 Å². The van der Waals surface area contributed by atoms with Crippen LogP contribution in [-0.2, 0) is 4.79 Å². The Hall–Kier alpha value is -3.10. The van der Waals surface area contributed by atoms with Crippen LogP contribution in [0.15, 0.2) is 24.4 Å². The standard InChI is InChI=1S/C23H32N8O/c1-15(2)5-8-21(32)24-17-9-12-30(13-10-17)23-26-22(19-4-3-11-31(19)29-23)25-20-14-18(27-28-20)16-6-7-16/h3-4,11,14-17H,5-10,12-13H2,1-2H3,(H,24,32)(H2,25,26,27,28,29). The molecular weight excluding hydrogens is 404 g/mol. The summed E-state index contributed by atoms with van der Waals surface area (Å²) < 4.78 is 1.86. The number of nitrogens with one attached hydrogen (secondary N) is 3. The van der Waals surface area contributed by atoms with Crippen LogP contribution < -0.4 is 15.5 Å². The summed E-state index contributed by atoms with van der Waals surface area (Å²) in [4.78, 5) is 19.2. The van der Waals surface area contributed by atoms with Crippen molar-refractivity contribution in [1.82, 2.24) is 30.1 Å². The average molecular weight is 437 g/mol. The number of anilines is 3. The van der Waals surface area contributed by atoms with Crippen LogP contribution in [0.25, 0.3) is 5.52 Å². The normalized spacial score (nSPS) is 17.3. The van der Waals surface area contributed by atoms with Gasteiger partial charge in [0.25, 0.3) is 0 Å². The van der Waals surface area contributed by atoms with Gasteiger partial charge in [-0.3, -0.25) is 9.89 Å². The zero-order valence-corrected chi connectivity index (χ0v) is 18.8. The third-order valence-electron chi connectivity index (χ3n) is 6.33. The topological polar surface area (TPSA) is 103 Å². The summed E-state index contributed by atoms with van der Waals surface area (Å²) >= 11 is 0. The van der Waals surface area contributed by atoms with E-state index < -0.39 is 0 Å². The Morgan fingerprint density at radius 1 is 1.25 bits per heavy atom. The number of rotatable bonds is 8. The summed E-state index contributed by atoms with van der Waals surface area (Å²) in [7, 11) is 0. The van der Waals surface area contributed by atoms with Crippen LogP contribution in [0.2, 0.25) is 0 Å². The Morgan fingerprint density at radius 3 is 2.81 bits per heavy atom. The highest BCUT2D eigenvalue weighted by molar-refractivity contribution is 5.76. The maximum absolute atomic E-state index is 12.2. The third-order valence-corrected chi connectivity index (χ3v) is 6.33. The number of aromatic nitrogens is 5. The first kappa shape index (κ1) is 20.8. The van der Waals surface area contributed by atoms with Gasteiger partial charge in [-0.1, -0.05) is 13.8 Å². The number of nitrogens with zero attached hydrogens (tertiary/aromatic N) is 5. The molecule has 3 aromatic heterocycles. The van der Waals surface area contributed by atoms with Crippen molar-refractivity contribution >= 4 is 29.0 Å². The molecule has 9 heteroatoms. The molecule has 5 rings (SSSR count). The molecule has 1 saturated heterocycles. The first-order valence-electron chi connectivity index (χ1n) is 11.8. The van der Waals surface area contributed by atoms with Crippen molar-refractivity contribution in [2.24, 2.45) is 5.92 Å². The second kappa shape index (κ2) is 8.80. The highest BCUT2D eigenvalue weighted by Crippen LogP contribution is 2.39. The molecule has 170 valence electrons. The van der Waals surface area contributed by atoms with Crippen molar-refractivity contribution in [2.75, 3.05) is 23.3 Å². The Labute approximate surface area is 188 Å². The van der Waals surface area contributed by atoms with E-state index in [2.05, 4.69) is 45.6 Å². The Balaban J connectivity index is 1.25. The summed E-state index contributed by atoms with van der Waals surface area (Å²) in [6.07, 6.45) is 7.74. The van der Waals surface area contributed by atoms with Gasteiger partial charge >= 0.3 is 0 Å². The molecule has 1 aliphatic carbocycles. The maximum Gasteiger partial charge on any atom is 0.245 e. The van der Waals surface area contributed by atoms with Gasteiger partial charge in [0, 0.05) is 49.4 Å².